The molecule has 3 nitrogen and oxygen atoms in total. The number of nitrogens with one attached hydrogen (secondary N) is 1. The number of hydrogen-bond acceptors (Lipinski definition) is 2. The smallest absolute Gasteiger partial charge is 0.197 e. The molecule has 3 rings (SSSR count). The van der Waals surface area contributed by atoms with Crippen LogP contribution in [0.25, 0.3) is 10.9 Å². The van der Waals surface area contributed by atoms with Crippen LogP contribution >= 0.6 is 11.6 Å². The summed E-state index contributed by atoms with van der Waals surface area (Å²) in [6.45, 7) is 2.01. The van der Waals surface area contributed by atoms with E-state index in [1.165, 1.54) is 0 Å². The second-order valence-corrected chi connectivity index (χ2v) is 5.19. The number of fused-ring (bicyclic) bond motifs is 1. The van der Waals surface area contributed by atoms with E-state index < -0.39 is 0 Å². The second-order valence-electron chi connectivity index (χ2n) is 4.78. The number of hydrogen-bond donors (Lipinski definition) is 2. The normalized spacial score (nSPS) is 10.9. The predicted octanol–water partition coefficient (Wildman–Crippen LogP) is 3.94. The SMILES string of the molecule is Cc1ccc2c(C(=O)c3cccc(Cl)c3N)c[nH]c2c1. The molecule has 0 fully saturated rings. The number of ketones is 1. The van der Waals surface area contributed by atoms with Crippen LogP contribution in [0.5, 0.6) is 0 Å². The number of halogens is 1. The molecular weight excluding hydrogens is 272 g/mol. The van der Waals surface area contributed by atoms with Crippen molar-refractivity contribution < 1.29 is 4.79 Å². The molecule has 0 spiro atoms. The molecule has 0 atom stereocenters. The van der Waals surface area contributed by atoms with Gasteiger partial charge in [-0.15, -0.1) is 0 Å². The minimum Gasteiger partial charge on any atom is -0.397 e. The standard InChI is InChI=1S/C16H13ClN2O/c1-9-5-6-10-12(8-19-14(10)7-9)16(20)11-3-2-4-13(17)15(11)18/h2-8,19H,18H2,1H3. The van der Waals surface area contributed by atoms with E-state index in [1.54, 1.807) is 24.4 Å². The van der Waals surface area contributed by atoms with Gasteiger partial charge in [-0.1, -0.05) is 29.8 Å². The lowest BCUT2D eigenvalue weighted by Gasteiger charge is -2.05. The fraction of sp³-hybridized carbons (Fsp3) is 0.0625. The number of aromatic nitrogens is 1. The number of aryl methyl sites for hydroxylation is 1. The van der Waals surface area contributed by atoms with E-state index >= 15 is 0 Å². The number of carbonyl (C=O) groups excluding carboxylic acids is 1. The van der Waals surface area contributed by atoms with Gasteiger partial charge in [0.15, 0.2) is 5.78 Å². The minimum atomic E-state index is -0.125. The van der Waals surface area contributed by atoms with Crippen molar-refractivity contribution >= 4 is 34.0 Å². The van der Waals surface area contributed by atoms with Crippen LogP contribution in [0.2, 0.25) is 5.02 Å². The highest BCUT2D eigenvalue weighted by Gasteiger charge is 2.17. The molecule has 0 aliphatic rings. The molecule has 0 bridgehead atoms. The Morgan fingerprint density at radius 3 is 2.80 bits per heavy atom. The van der Waals surface area contributed by atoms with E-state index in [-0.39, 0.29) is 5.78 Å². The lowest BCUT2D eigenvalue weighted by molar-refractivity contribution is 0.104. The van der Waals surface area contributed by atoms with Crippen molar-refractivity contribution in [3.63, 3.8) is 0 Å². The van der Waals surface area contributed by atoms with Crippen LogP contribution in [-0.4, -0.2) is 10.8 Å². The predicted molar refractivity (Wildman–Crippen MR) is 82.3 cm³/mol. The van der Waals surface area contributed by atoms with Gasteiger partial charge in [0.05, 0.1) is 10.7 Å². The number of nitrogen functional groups attached to an aromatic ring is 1. The number of para-hydroxylation sites is 1. The Bertz CT molecular complexity index is 820. The largest absolute Gasteiger partial charge is 0.397 e. The Morgan fingerprint density at radius 2 is 2.00 bits per heavy atom. The lowest BCUT2D eigenvalue weighted by atomic mass is 10.0. The van der Waals surface area contributed by atoms with E-state index in [1.807, 2.05) is 25.1 Å². The molecule has 0 aliphatic carbocycles. The van der Waals surface area contributed by atoms with Gasteiger partial charge in [-0.2, -0.15) is 0 Å². The van der Waals surface area contributed by atoms with Crippen molar-refractivity contribution in [3.05, 3.63) is 64.3 Å². The first-order chi connectivity index (χ1) is 9.58. The number of anilines is 1. The average molecular weight is 285 g/mol. The number of carbonyl (C=O) groups is 1. The molecule has 0 saturated heterocycles. The second kappa shape index (κ2) is 4.69. The highest BCUT2D eigenvalue weighted by atomic mass is 35.5. The zero-order valence-corrected chi connectivity index (χ0v) is 11.7. The Kier molecular flexibility index (Phi) is 2.99. The maximum Gasteiger partial charge on any atom is 0.197 e. The molecule has 20 heavy (non-hydrogen) atoms. The molecule has 100 valence electrons. The summed E-state index contributed by atoms with van der Waals surface area (Å²) in [5, 5.41) is 1.28. The van der Waals surface area contributed by atoms with Crippen LogP contribution in [0.1, 0.15) is 21.5 Å². The monoisotopic (exact) mass is 284 g/mol. The zero-order chi connectivity index (χ0) is 14.3. The molecule has 0 saturated carbocycles. The Morgan fingerprint density at radius 1 is 1.20 bits per heavy atom. The highest BCUT2D eigenvalue weighted by Crippen LogP contribution is 2.27. The van der Waals surface area contributed by atoms with Gasteiger partial charge < -0.3 is 10.7 Å². The van der Waals surface area contributed by atoms with Crippen LogP contribution in [0.15, 0.2) is 42.6 Å². The third kappa shape index (κ3) is 1.96. The number of H-pyrrole nitrogens is 1. The van der Waals surface area contributed by atoms with Gasteiger partial charge in [0, 0.05) is 28.2 Å². The third-order valence-electron chi connectivity index (χ3n) is 3.38. The molecular formula is C16H13ClN2O. The maximum atomic E-state index is 12.6. The summed E-state index contributed by atoms with van der Waals surface area (Å²) in [5.41, 5.74) is 9.33. The lowest BCUT2D eigenvalue weighted by Crippen LogP contribution is -2.05. The number of aromatic amines is 1. The Hall–Kier alpha value is -2.26. The van der Waals surface area contributed by atoms with Gasteiger partial charge in [-0.3, -0.25) is 4.79 Å². The first-order valence-electron chi connectivity index (χ1n) is 6.24. The third-order valence-corrected chi connectivity index (χ3v) is 3.71. The first kappa shape index (κ1) is 12.8. The van der Waals surface area contributed by atoms with Crippen LogP contribution in [0.4, 0.5) is 5.69 Å². The zero-order valence-electron chi connectivity index (χ0n) is 10.9. The molecule has 2 aromatic carbocycles. The van der Waals surface area contributed by atoms with Gasteiger partial charge in [-0.25, -0.2) is 0 Å². The topological polar surface area (TPSA) is 58.9 Å². The van der Waals surface area contributed by atoms with Crippen LogP contribution in [0.3, 0.4) is 0 Å². The molecule has 4 heteroatoms. The average Bonchev–Trinajstić information content (AvgIpc) is 2.84. The van der Waals surface area contributed by atoms with Gasteiger partial charge in [-0.05, 0) is 30.7 Å². The van der Waals surface area contributed by atoms with E-state index in [9.17, 15) is 4.79 Å². The van der Waals surface area contributed by atoms with E-state index in [0.29, 0.717) is 21.8 Å². The summed E-state index contributed by atoms with van der Waals surface area (Å²) in [5.74, 6) is -0.125. The summed E-state index contributed by atoms with van der Waals surface area (Å²) >= 11 is 5.97. The molecule has 3 aromatic rings. The van der Waals surface area contributed by atoms with Crippen LogP contribution in [-0.2, 0) is 0 Å². The fourth-order valence-corrected chi connectivity index (χ4v) is 2.48. The Labute approximate surface area is 121 Å². The highest BCUT2D eigenvalue weighted by molar-refractivity contribution is 6.34. The van der Waals surface area contributed by atoms with E-state index in [0.717, 1.165) is 16.5 Å². The molecule has 0 aliphatic heterocycles. The number of benzene rings is 2. The molecule has 1 aromatic heterocycles. The molecule has 3 N–H and O–H groups in total. The van der Waals surface area contributed by atoms with E-state index in [4.69, 9.17) is 17.3 Å². The van der Waals surface area contributed by atoms with Gasteiger partial charge in [0.2, 0.25) is 0 Å². The minimum absolute atomic E-state index is 0.125. The van der Waals surface area contributed by atoms with Gasteiger partial charge in [0.25, 0.3) is 0 Å². The number of nitrogens with two attached hydrogens (primary N) is 1. The van der Waals surface area contributed by atoms with Crippen molar-refractivity contribution in [2.75, 3.05) is 5.73 Å². The van der Waals surface area contributed by atoms with Crippen molar-refractivity contribution in [3.8, 4) is 0 Å². The summed E-state index contributed by atoms with van der Waals surface area (Å²) < 4.78 is 0. The van der Waals surface area contributed by atoms with Crippen molar-refractivity contribution in [1.29, 1.82) is 0 Å². The summed E-state index contributed by atoms with van der Waals surface area (Å²) in [7, 11) is 0. The van der Waals surface area contributed by atoms with Crippen LogP contribution in [0, 0.1) is 6.92 Å². The summed E-state index contributed by atoms with van der Waals surface area (Å²) in [4.78, 5) is 15.7. The van der Waals surface area contributed by atoms with Crippen molar-refractivity contribution in [1.82, 2.24) is 4.98 Å². The molecule has 0 unspecified atom stereocenters. The van der Waals surface area contributed by atoms with Gasteiger partial charge in [0.1, 0.15) is 0 Å². The van der Waals surface area contributed by atoms with E-state index in [2.05, 4.69) is 4.98 Å². The van der Waals surface area contributed by atoms with Gasteiger partial charge >= 0.3 is 0 Å². The molecule has 0 amide bonds. The maximum absolute atomic E-state index is 12.6. The van der Waals surface area contributed by atoms with Crippen molar-refractivity contribution in [2.24, 2.45) is 0 Å². The summed E-state index contributed by atoms with van der Waals surface area (Å²) in [6, 6.07) is 11.0. The quantitative estimate of drug-likeness (QED) is 0.553. The Balaban J connectivity index is 2.16. The summed E-state index contributed by atoms with van der Waals surface area (Å²) in [6.07, 6.45) is 1.72. The molecule has 1 heterocycles. The fourth-order valence-electron chi connectivity index (χ4n) is 2.31. The van der Waals surface area contributed by atoms with Crippen LogP contribution < -0.4 is 5.73 Å². The molecule has 0 radical (unpaired) electrons. The first-order valence-corrected chi connectivity index (χ1v) is 6.62. The number of rotatable bonds is 2. The van der Waals surface area contributed by atoms with Crippen molar-refractivity contribution in [2.45, 2.75) is 6.92 Å².